The first kappa shape index (κ1) is 11.9. The molecule has 1 fully saturated rings. The maximum Gasteiger partial charge on any atom is 0.251 e. The minimum Gasteiger partial charge on any atom is -0.373 e. The van der Waals surface area contributed by atoms with Gasteiger partial charge in [0.1, 0.15) is 6.04 Å². The number of nitrogens with one attached hydrogen (secondary N) is 1. The SMILES string of the molecule is Cc1ccc(NC2CC(=O)N(C)C2=O)cc1Cl. The summed E-state index contributed by atoms with van der Waals surface area (Å²) in [4.78, 5) is 24.2. The van der Waals surface area contributed by atoms with Crippen LogP contribution in [0.3, 0.4) is 0 Å². The summed E-state index contributed by atoms with van der Waals surface area (Å²) < 4.78 is 0. The van der Waals surface area contributed by atoms with E-state index in [-0.39, 0.29) is 18.2 Å². The Hall–Kier alpha value is -1.55. The molecule has 0 spiro atoms. The van der Waals surface area contributed by atoms with Crippen molar-refractivity contribution in [2.75, 3.05) is 12.4 Å². The third-order valence-electron chi connectivity index (χ3n) is 2.89. The number of likely N-dealkylation sites (N-methyl/N-ethyl adjacent to an activating group) is 1. The topological polar surface area (TPSA) is 49.4 Å². The van der Waals surface area contributed by atoms with Crippen LogP contribution in [0.2, 0.25) is 5.02 Å². The van der Waals surface area contributed by atoms with Crippen molar-refractivity contribution < 1.29 is 9.59 Å². The zero-order chi connectivity index (χ0) is 12.6. The number of amides is 2. The first-order valence-electron chi connectivity index (χ1n) is 5.32. The zero-order valence-electron chi connectivity index (χ0n) is 9.66. The first-order chi connectivity index (χ1) is 7.99. The number of halogens is 1. The monoisotopic (exact) mass is 252 g/mol. The highest BCUT2D eigenvalue weighted by molar-refractivity contribution is 6.31. The summed E-state index contributed by atoms with van der Waals surface area (Å²) in [5.74, 6) is -0.364. The number of imide groups is 1. The molecule has 0 aliphatic carbocycles. The van der Waals surface area contributed by atoms with Crippen LogP contribution in [0, 0.1) is 6.92 Å². The summed E-state index contributed by atoms with van der Waals surface area (Å²) in [7, 11) is 1.49. The Bertz CT molecular complexity index is 487. The van der Waals surface area contributed by atoms with Crippen LogP contribution in [0.15, 0.2) is 18.2 Å². The van der Waals surface area contributed by atoms with Gasteiger partial charge in [0.2, 0.25) is 5.91 Å². The van der Waals surface area contributed by atoms with Crippen molar-refractivity contribution in [3.05, 3.63) is 28.8 Å². The molecule has 5 heteroatoms. The van der Waals surface area contributed by atoms with E-state index in [0.717, 1.165) is 16.2 Å². The quantitative estimate of drug-likeness (QED) is 0.817. The van der Waals surface area contributed by atoms with Gasteiger partial charge in [0.05, 0.1) is 6.42 Å². The lowest BCUT2D eigenvalue weighted by atomic mass is 10.2. The lowest BCUT2D eigenvalue weighted by Gasteiger charge is -2.13. The second-order valence-corrected chi connectivity index (χ2v) is 4.56. The zero-order valence-corrected chi connectivity index (χ0v) is 10.4. The molecule has 2 rings (SSSR count). The van der Waals surface area contributed by atoms with Crippen molar-refractivity contribution in [3.8, 4) is 0 Å². The predicted octanol–water partition coefficient (Wildman–Crippen LogP) is 1.82. The molecule has 1 saturated heterocycles. The third kappa shape index (κ3) is 2.26. The van der Waals surface area contributed by atoms with Crippen molar-refractivity contribution in [1.82, 2.24) is 4.90 Å². The molecule has 1 aromatic rings. The molecule has 1 N–H and O–H groups in total. The highest BCUT2D eigenvalue weighted by atomic mass is 35.5. The van der Waals surface area contributed by atoms with Gasteiger partial charge in [-0.1, -0.05) is 17.7 Å². The first-order valence-corrected chi connectivity index (χ1v) is 5.70. The fourth-order valence-corrected chi connectivity index (χ4v) is 1.93. The van der Waals surface area contributed by atoms with E-state index in [4.69, 9.17) is 11.6 Å². The number of hydrogen-bond acceptors (Lipinski definition) is 3. The molecular weight excluding hydrogens is 240 g/mol. The highest BCUT2D eigenvalue weighted by Gasteiger charge is 2.35. The Balaban J connectivity index is 2.14. The molecule has 4 nitrogen and oxygen atoms in total. The normalized spacial score (nSPS) is 19.9. The lowest BCUT2D eigenvalue weighted by Crippen LogP contribution is -2.31. The lowest BCUT2D eigenvalue weighted by molar-refractivity contribution is -0.136. The summed E-state index contributed by atoms with van der Waals surface area (Å²) in [6.07, 6.45) is 0.195. The van der Waals surface area contributed by atoms with E-state index in [9.17, 15) is 9.59 Å². The van der Waals surface area contributed by atoms with Gasteiger partial charge >= 0.3 is 0 Å². The molecule has 1 unspecified atom stereocenters. The van der Waals surface area contributed by atoms with E-state index in [1.165, 1.54) is 7.05 Å². The second-order valence-electron chi connectivity index (χ2n) is 4.16. The molecule has 0 saturated carbocycles. The van der Waals surface area contributed by atoms with Crippen molar-refractivity contribution in [3.63, 3.8) is 0 Å². The molecule has 1 heterocycles. The van der Waals surface area contributed by atoms with Crippen molar-refractivity contribution >= 4 is 29.1 Å². The summed E-state index contributed by atoms with van der Waals surface area (Å²) in [6.45, 7) is 1.91. The standard InChI is InChI=1S/C12H13ClN2O2/c1-7-3-4-8(5-9(7)13)14-10-6-11(16)15(2)12(10)17/h3-5,10,14H,6H2,1-2H3. The van der Waals surface area contributed by atoms with Gasteiger partial charge in [-0.15, -0.1) is 0 Å². The number of nitrogens with zero attached hydrogens (tertiary/aromatic N) is 1. The summed E-state index contributed by atoms with van der Waals surface area (Å²) in [5.41, 5.74) is 1.73. The maximum atomic E-state index is 11.7. The Morgan fingerprint density at radius 2 is 2.12 bits per heavy atom. The van der Waals surface area contributed by atoms with E-state index in [1.54, 1.807) is 6.07 Å². The van der Waals surface area contributed by atoms with E-state index in [1.807, 2.05) is 19.1 Å². The Morgan fingerprint density at radius 1 is 1.41 bits per heavy atom. The summed E-state index contributed by atoms with van der Waals surface area (Å²) in [5, 5.41) is 3.66. The number of rotatable bonds is 2. The largest absolute Gasteiger partial charge is 0.373 e. The molecule has 1 atom stereocenters. The average Bonchev–Trinajstić information content (AvgIpc) is 2.52. The Labute approximate surface area is 105 Å². The van der Waals surface area contributed by atoms with Gasteiger partial charge in [-0.25, -0.2) is 0 Å². The number of likely N-dealkylation sites (tertiary alicyclic amines) is 1. The fourth-order valence-electron chi connectivity index (χ4n) is 1.75. The third-order valence-corrected chi connectivity index (χ3v) is 3.30. The Morgan fingerprint density at radius 3 is 2.65 bits per heavy atom. The van der Waals surface area contributed by atoms with Gasteiger partial charge < -0.3 is 5.32 Å². The molecule has 1 aliphatic rings. The van der Waals surface area contributed by atoms with Crippen molar-refractivity contribution in [2.45, 2.75) is 19.4 Å². The second kappa shape index (κ2) is 4.37. The van der Waals surface area contributed by atoms with E-state index < -0.39 is 6.04 Å². The van der Waals surface area contributed by atoms with Crippen LogP contribution in [0.1, 0.15) is 12.0 Å². The molecule has 1 aliphatic heterocycles. The van der Waals surface area contributed by atoms with Gasteiger partial charge in [0, 0.05) is 17.8 Å². The van der Waals surface area contributed by atoms with Crippen LogP contribution >= 0.6 is 11.6 Å². The van der Waals surface area contributed by atoms with Crippen LogP contribution in [0.5, 0.6) is 0 Å². The van der Waals surface area contributed by atoms with Gasteiger partial charge in [0.15, 0.2) is 0 Å². The Kier molecular flexibility index (Phi) is 3.07. The number of anilines is 1. The van der Waals surface area contributed by atoms with Crippen molar-refractivity contribution in [2.24, 2.45) is 0 Å². The molecule has 17 heavy (non-hydrogen) atoms. The molecule has 2 amide bonds. The van der Waals surface area contributed by atoms with Crippen LogP contribution < -0.4 is 5.32 Å². The maximum absolute atomic E-state index is 11.7. The van der Waals surface area contributed by atoms with Gasteiger partial charge in [-0.2, -0.15) is 0 Å². The predicted molar refractivity (Wildman–Crippen MR) is 66.0 cm³/mol. The minimum atomic E-state index is -0.480. The molecular formula is C12H13ClN2O2. The molecule has 0 bridgehead atoms. The van der Waals surface area contributed by atoms with Crippen LogP contribution in [-0.4, -0.2) is 29.8 Å². The van der Waals surface area contributed by atoms with Gasteiger partial charge in [0.25, 0.3) is 5.91 Å². The van der Waals surface area contributed by atoms with Crippen LogP contribution in [-0.2, 0) is 9.59 Å². The fraction of sp³-hybridized carbons (Fsp3) is 0.333. The molecule has 1 aromatic carbocycles. The number of benzene rings is 1. The summed E-state index contributed by atoms with van der Waals surface area (Å²) in [6, 6.07) is 4.99. The number of carbonyl (C=O) groups is 2. The van der Waals surface area contributed by atoms with E-state index >= 15 is 0 Å². The van der Waals surface area contributed by atoms with Crippen LogP contribution in [0.25, 0.3) is 0 Å². The van der Waals surface area contributed by atoms with E-state index in [2.05, 4.69) is 5.32 Å². The number of carbonyl (C=O) groups excluding carboxylic acids is 2. The smallest absolute Gasteiger partial charge is 0.251 e. The van der Waals surface area contributed by atoms with Gasteiger partial charge in [-0.3, -0.25) is 14.5 Å². The van der Waals surface area contributed by atoms with Crippen molar-refractivity contribution in [1.29, 1.82) is 0 Å². The molecule has 90 valence electrons. The molecule has 0 aromatic heterocycles. The average molecular weight is 253 g/mol. The minimum absolute atomic E-state index is 0.161. The number of aryl methyl sites for hydroxylation is 1. The summed E-state index contributed by atoms with van der Waals surface area (Å²) >= 11 is 5.99. The van der Waals surface area contributed by atoms with E-state index in [0.29, 0.717) is 5.02 Å². The van der Waals surface area contributed by atoms with Crippen LogP contribution in [0.4, 0.5) is 5.69 Å². The number of hydrogen-bond donors (Lipinski definition) is 1. The molecule has 0 radical (unpaired) electrons. The highest BCUT2D eigenvalue weighted by Crippen LogP contribution is 2.22. The van der Waals surface area contributed by atoms with Gasteiger partial charge in [-0.05, 0) is 24.6 Å².